The van der Waals surface area contributed by atoms with Crippen LogP contribution < -0.4 is 5.32 Å². The predicted octanol–water partition coefficient (Wildman–Crippen LogP) is 0.518. The number of rotatable bonds is 7. The second-order valence-electron chi connectivity index (χ2n) is 4.46. The molecule has 0 heterocycles. The van der Waals surface area contributed by atoms with Gasteiger partial charge in [0.2, 0.25) is 0 Å². The van der Waals surface area contributed by atoms with Crippen LogP contribution >= 0.6 is 0 Å². The summed E-state index contributed by atoms with van der Waals surface area (Å²) in [6.45, 7) is 9.31. The maximum atomic E-state index is 11.4. The topological polar surface area (TPSA) is 72.5 Å². The Labute approximate surface area is 103 Å². The molecule has 0 spiro atoms. The standard InChI is InChI=1S/C11H21NO4S/c1-6-16-10(13)9(2)7-12-8-11(3,4)17(5,14)15/h12H,2,6-8H2,1,3-5H3. The highest BCUT2D eigenvalue weighted by Gasteiger charge is 2.29. The second kappa shape index (κ2) is 6.16. The fraction of sp³-hybridized carbons (Fsp3) is 0.727. The fourth-order valence-electron chi connectivity index (χ4n) is 0.951. The molecule has 0 amide bonds. The highest BCUT2D eigenvalue weighted by Crippen LogP contribution is 2.13. The lowest BCUT2D eigenvalue weighted by Crippen LogP contribution is -2.42. The molecule has 0 fully saturated rings. The number of carbonyl (C=O) groups excluding carboxylic acids is 1. The summed E-state index contributed by atoms with van der Waals surface area (Å²) in [5, 5.41) is 2.89. The lowest BCUT2D eigenvalue weighted by Gasteiger charge is -2.22. The molecule has 0 aliphatic rings. The quantitative estimate of drug-likeness (QED) is 0.535. The van der Waals surface area contributed by atoms with Crippen molar-refractivity contribution < 1.29 is 17.9 Å². The van der Waals surface area contributed by atoms with Crippen LogP contribution in [0.3, 0.4) is 0 Å². The fourth-order valence-corrected chi connectivity index (χ4v) is 1.32. The van der Waals surface area contributed by atoms with Gasteiger partial charge in [-0.2, -0.15) is 0 Å². The molecule has 1 N–H and O–H groups in total. The van der Waals surface area contributed by atoms with Crippen molar-refractivity contribution in [2.45, 2.75) is 25.5 Å². The van der Waals surface area contributed by atoms with Crippen molar-refractivity contribution in [3.8, 4) is 0 Å². The van der Waals surface area contributed by atoms with Gasteiger partial charge in [-0.1, -0.05) is 6.58 Å². The Bertz CT molecular complexity index is 384. The van der Waals surface area contributed by atoms with Gasteiger partial charge in [-0.15, -0.1) is 0 Å². The van der Waals surface area contributed by atoms with E-state index in [1.54, 1.807) is 20.8 Å². The first-order valence-electron chi connectivity index (χ1n) is 5.37. The van der Waals surface area contributed by atoms with E-state index in [0.717, 1.165) is 0 Å². The van der Waals surface area contributed by atoms with E-state index in [1.807, 2.05) is 0 Å². The molecule has 0 bridgehead atoms. The first kappa shape index (κ1) is 16.1. The van der Waals surface area contributed by atoms with Crippen molar-refractivity contribution >= 4 is 15.8 Å². The molecule has 5 nitrogen and oxygen atoms in total. The molecular weight excluding hydrogens is 242 g/mol. The third-order valence-electron chi connectivity index (χ3n) is 2.46. The van der Waals surface area contributed by atoms with Gasteiger partial charge in [0.15, 0.2) is 9.84 Å². The monoisotopic (exact) mass is 263 g/mol. The molecule has 0 aliphatic heterocycles. The molecule has 0 aromatic carbocycles. The van der Waals surface area contributed by atoms with E-state index < -0.39 is 20.6 Å². The number of hydrogen-bond donors (Lipinski definition) is 1. The van der Waals surface area contributed by atoms with E-state index in [2.05, 4.69) is 11.9 Å². The molecule has 0 unspecified atom stereocenters. The smallest absolute Gasteiger partial charge is 0.334 e. The van der Waals surface area contributed by atoms with E-state index in [-0.39, 0.29) is 18.7 Å². The van der Waals surface area contributed by atoms with E-state index in [9.17, 15) is 13.2 Å². The van der Waals surface area contributed by atoms with Gasteiger partial charge in [0.1, 0.15) is 0 Å². The average molecular weight is 263 g/mol. The maximum absolute atomic E-state index is 11.4. The third-order valence-corrected chi connectivity index (χ3v) is 4.61. The highest BCUT2D eigenvalue weighted by molar-refractivity contribution is 7.92. The Morgan fingerprint density at radius 3 is 2.35 bits per heavy atom. The van der Waals surface area contributed by atoms with Gasteiger partial charge in [0.25, 0.3) is 0 Å². The summed E-state index contributed by atoms with van der Waals surface area (Å²) in [5.74, 6) is -0.461. The number of esters is 1. The molecule has 0 atom stereocenters. The number of nitrogens with one attached hydrogen (secondary N) is 1. The van der Waals surface area contributed by atoms with Crippen LogP contribution in [0.15, 0.2) is 12.2 Å². The molecule has 0 saturated heterocycles. The minimum atomic E-state index is -3.14. The lowest BCUT2D eigenvalue weighted by atomic mass is 10.2. The molecular formula is C11H21NO4S. The van der Waals surface area contributed by atoms with E-state index >= 15 is 0 Å². The van der Waals surface area contributed by atoms with Crippen LogP contribution in [0.5, 0.6) is 0 Å². The van der Waals surface area contributed by atoms with Gasteiger partial charge >= 0.3 is 5.97 Å². The number of carbonyl (C=O) groups is 1. The van der Waals surface area contributed by atoms with Crippen molar-refractivity contribution in [3.05, 3.63) is 12.2 Å². The van der Waals surface area contributed by atoms with Crippen LogP contribution in [0, 0.1) is 0 Å². The van der Waals surface area contributed by atoms with Crippen molar-refractivity contribution in [3.63, 3.8) is 0 Å². The third kappa shape index (κ3) is 5.32. The van der Waals surface area contributed by atoms with Crippen LogP contribution in [0.2, 0.25) is 0 Å². The average Bonchev–Trinajstić information content (AvgIpc) is 2.15. The Morgan fingerprint density at radius 2 is 1.94 bits per heavy atom. The van der Waals surface area contributed by atoms with Gasteiger partial charge in [0, 0.05) is 24.9 Å². The summed E-state index contributed by atoms with van der Waals surface area (Å²) in [4.78, 5) is 11.2. The summed E-state index contributed by atoms with van der Waals surface area (Å²) in [6, 6.07) is 0. The SMILES string of the molecule is C=C(CNCC(C)(C)S(C)(=O)=O)C(=O)OCC. The summed E-state index contributed by atoms with van der Waals surface area (Å²) >= 11 is 0. The summed E-state index contributed by atoms with van der Waals surface area (Å²) in [6.07, 6.45) is 1.19. The van der Waals surface area contributed by atoms with Crippen LogP contribution in [0.1, 0.15) is 20.8 Å². The Balaban J connectivity index is 4.17. The number of sulfone groups is 1. The molecule has 0 aromatic heterocycles. The van der Waals surface area contributed by atoms with Crippen molar-refractivity contribution in [2.24, 2.45) is 0 Å². The van der Waals surface area contributed by atoms with Crippen molar-refractivity contribution in [1.29, 1.82) is 0 Å². The molecule has 6 heteroatoms. The zero-order valence-electron chi connectivity index (χ0n) is 10.9. The van der Waals surface area contributed by atoms with Crippen LogP contribution in [0.25, 0.3) is 0 Å². The number of ether oxygens (including phenoxy) is 1. The largest absolute Gasteiger partial charge is 0.463 e. The number of hydrogen-bond acceptors (Lipinski definition) is 5. The van der Waals surface area contributed by atoms with E-state index in [0.29, 0.717) is 6.61 Å². The van der Waals surface area contributed by atoms with Gasteiger partial charge in [-0.05, 0) is 20.8 Å². The molecule has 0 radical (unpaired) electrons. The molecule has 0 aromatic rings. The second-order valence-corrected chi connectivity index (χ2v) is 7.11. The summed E-state index contributed by atoms with van der Waals surface area (Å²) in [7, 11) is -3.14. The minimum absolute atomic E-state index is 0.220. The first-order valence-corrected chi connectivity index (χ1v) is 7.26. The Morgan fingerprint density at radius 1 is 1.41 bits per heavy atom. The van der Waals surface area contributed by atoms with E-state index in [4.69, 9.17) is 4.74 Å². The van der Waals surface area contributed by atoms with Crippen LogP contribution in [-0.2, 0) is 19.4 Å². The van der Waals surface area contributed by atoms with Gasteiger partial charge in [0.05, 0.1) is 11.4 Å². The van der Waals surface area contributed by atoms with Crippen LogP contribution in [-0.4, -0.2) is 45.1 Å². The first-order chi connectivity index (χ1) is 7.62. The Kier molecular flexibility index (Phi) is 5.84. The van der Waals surface area contributed by atoms with Crippen molar-refractivity contribution in [2.75, 3.05) is 26.0 Å². The zero-order chi connectivity index (χ0) is 13.7. The molecule has 17 heavy (non-hydrogen) atoms. The summed E-state index contributed by atoms with van der Waals surface area (Å²) < 4.78 is 26.7. The van der Waals surface area contributed by atoms with Gasteiger partial charge in [-0.25, -0.2) is 13.2 Å². The van der Waals surface area contributed by atoms with Crippen molar-refractivity contribution in [1.82, 2.24) is 5.32 Å². The predicted molar refractivity (Wildman–Crippen MR) is 67.6 cm³/mol. The molecule has 0 aliphatic carbocycles. The molecule has 0 saturated carbocycles. The highest BCUT2D eigenvalue weighted by atomic mass is 32.2. The molecule has 100 valence electrons. The van der Waals surface area contributed by atoms with E-state index in [1.165, 1.54) is 6.26 Å². The van der Waals surface area contributed by atoms with Gasteiger partial charge < -0.3 is 10.1 Å². The maximum Gasteiger partial charge on any atom is 0.334 e. The zero-order valence-corrected chi connectivity index (χ0v) is 11.7. The Hall–Kier alpha value is -0.880. The molecule has 0 rings (SSSR count). The van der Waals surface area contributed by atoms with Crippen LogP contribution in [0.4, 0.5) is 0 Å². The summed E-state index contributed by atoms with van der Waals surface area (Å²) in [5.41, 5.74) is 0.288. The van der Waals surface area contributed by atoms with Gasteiger partial charge in [-0.3, -0.25) is 0 Å². The lowest BCUT2D eigenvalue weighted by molar-refractivity contribution is -0.138. The normalized spacial score (nSPS) is 12.2. The minimum Gasteiger partial charge on any atom is -0.463 e.